The molecule has 1 N–H and O–H groups in total. The summed E-state index contributed by atoms with van der Waals surface area (Å²) in [6.07, 6.45) is 2.10. The van der Waals surface area contributed by atoms with Crippen molar-refractivity contribution in [1.29, 1.82) is 0 Å². The Hall–Kier alpha value is -1.38. The van der Waals surface area contributed by atoms with Crippen LogP contribution >= 0.6 is 0 Å². The molecule has 0 bridgehead atoms. The van der Waals surface area contributed by atoms with E-state index in [2.05, 4.69) is 12.2 Å². The van der Waals surface area contributed by atoms with Crippen LogP contribution in [0.25, 0.3) is 0 Å². The van der Waals surface area contributed by atoms with Crippen LogP contribution in [0.1, 0.15) is 35.7 Å². The fraction of sp³-hybridized carbons (Fsp3) is 0.462. The van der Waals surface area contributed by atoms with Gasteiger partial charge in [0.05, 0.1) is 0 Å². The molecule has 2 nitrogen and oxygen atoms in total. The average Bonchev–Trinajstić information content (AvgIpc) is 2.15. The summed E-state index contributed by atoms with van der Waals surface area (Å²) in [5, 5.41) is 2.96. The average molecular weight is 221 g/mol. The Labute approximate surface area is 94.9 Å². The van der Waals surface area contributed by atoms with Gasteiger partial charge in [-0.1, -0.05) is 6.92 Å². The zero-order valence-corrected chi connectivity index (χ0v) is 9.59. The molecule has 0 aliphatic heterocycles. The Morgan fingerprint density at radius 2 is 2.12 bits per heavy atom. The molecule has 0 saturated heterocycles. The van der Waals surface area contributed by atoms with E-state index < -0.39 is 0 Å². The second kappa shape index (κ2) is 4.24. The Morgan fingerprint density at radius 3 is 2.69 bits per heavy atom. The summed E-state index contributed by atoms with van der Waals surface area (Å²) >= 11 is 0. The number of benzene rings is 1. The molecule has 1 fully saturated rings. The van der Waals surface area contributed by atoms with Gasteiger partial charge in [0.15, 0.2) is 0 Å². The zero-order valence-electron chi connectivity index (χ0n) is 9.59. The van der Waals surface area contributed by atoms with Crippen molar-refractivity contribution in [2.24, 2.45) is 5.92 Å². The van der Waals surface area contributed by atoms with E-state index in [1.54, 1.807) is 13.0 Å². The van der Waals surface area contributed by atoms with Gasteiger partial charge in [-0.3, -0.25) is 4.79 Å². The van der Waals surface area contributed by atoms with E-state index in [1.807, 2.05) is 0 Å². The number of carbonyl (C=O) groups excluding carboxylic acids is 1. The lowest BCUT2D eigenvalue weighted by Gasteiger charge is -2.33. The number of carbonyl (C=O) groups is 1. The van der Waals surface area contributed by atoms with E-state index in [0.29, 0.717) is 23.1 Å². The van der Waals surface area contributed by atoms with E-state index in [1.165, 1.54) is 12.1 Å². The predicted molar refractivity (Wildman–Crippen MR) is 60.8 cm³/mol. The van der Waals surface area contributed by atoms with Crippen molar-refractivity contribution in [2.45, 2.75) is 32.7 Å². The van der Waals surface area contributed by atoms with Gasteiger partial charge >= 0.3 is 0 Å². The van der Waals surface area contributed by atoms with Crippen LogP contribution < -0.4 is 5.32 Å². The lowest BCUT2D eigenvalue weighted by Crippen LogP contribution is -2.43. The summed E-state index contributed by atoms with van der Waals surface area (Å²) in [5.41, 5.74) is 1.26. The first-order chi connectivity index (χ1) is 7.56. The van der Waals surface area contributed by atoms with Crippen LogP contribution in [0, 0.1) is 18.7 Å². The van der Waals surface area contributed by atoms with E-state index >= 15 is 0 Å². The van der Waals surface area contributed by atoms with Gasteiger partial charge in [-0.15, -0.1) is 0 Å². The number of hydrogen-bond acceptors (Lipinski definition) is 1. The Bertz CT molecular complexity index is 410. The van der Waals surface area contributed by atoms with Crippen molar-refractivity contribution in [3.05, 3.63) is 35.1 Å². The highest BCUT2D eigenvalue weighted by Crippen LogP contribution is 2.26. The standard InChI is InChI=1S/C13H16FNO/c1-8-5-11(6-8)15-13(16)12-4-3-10(14)7-9(12)2/h3-4,7-8,11H,5-6H2,1-2H3,(H,15,16). The Kier molecular flexibility index (Phi) is 2.95. The van der Waals surface area contributed by atoms with Crippen molar-refractivity contribution in [3.63, 3.8) is 0 Å². The first-order valence-corrected chi connectivity index (χ1v) is 5.63. The number of nitrogens with one attached hydrogen (secondary N) is 1. The maximum atomic E-state index is 12.9. The molecule has 1 aliphatic carbocycles. The highest BCUT2D eigenvalue weighted by atomic mass is 19.1. The van der Waals surface area contributed by atoms with Crippen molar-refractivity contribution in [2.75, 3.05) is 0 Å². The lowest BCUT2D eigenvalue weighted by molar-refractivity contribution is 0.0895. The van der Waals surface area contributed by atoms with Crippen LogP contribution in [0.15, 0.2) is 18.2 Å². The molecule has 0 aromatic heterocycles. The predicted octanol–water partition coefficient (Wildman–Crippen LogP) is 2.66. The number of aryl methyl sites for hydroxylation is 1. The molecule has 0 unspecified atom stereocenters. The molecular weight excluding hydrogens is 205 g/mol. The molecule has 0 radical (unpaired) electrons. The zero-order chi connectivity index (χ0) is 11.7. The highest BCUT2D eigenvalue weighted by Gasteiger charge is 2.27. The molecular formula is C13H16FNO. The molecule has 1 aromatic rings. The first kappa shape index (κ1) is 11.1. The summed E-state index contributed by atoms with van der Waals surface area (Å²) in [4.78, 5) is 11.9. The van der Waals surface area contributed by atoms with Crippen LogP contribution in [0.4, 0.5) is 4.39 Å². The molecule has 0 atom stereocenters. The second-order valence-electron chi connectivity index (χ2n) is 4.71. The number of amides is 1. The third kappa shape index (κ3) is 2.23. The summed E-state index contributed by atoms with van der Waals surface area (Å²) in [7, 11) is 0. The molecule has 16 heavy (non-hydrogen) atoms. The molecule has 1 aliphatic rings. The van der Waals surface area contributed by atoms with Gasteiger partial charge in [0, 0.05) is 11.6 Å². The quantitative estimate of drug-likeness (QED) is 0.817. The lowest BCUT2D eigenvalue weighted by atomic mass is 9.82. The van der Waals surface area contributed by atoms with Gasteiger partial charge in [0.1, 0.15) is 5.82 Å². The Morgan fingerprint density at radius 1 is 1.44 bits per heavy atom. The highest BCUT2D eigenvalue weighted by molar-refractivity contribution is 5.95. The van der Waals surface area contributed by atoms with E-state index in [9.17, 15) is 9.18 Å². The van der Waals surface area contributed by atoms with Gasteiger partial charge in [-0.05, 0) is 49.4 Å². The molecule has 0 heterocycles. The van der Waals surface area contributed by atoms with Crippen molar-refractivity contribution in [3.8, 4) is 0 Å². The maximum Gasteiger partial charge on any atom is 0.251 e. The monoisotopic (exact) mass is 221 g/mol. The molecule has 0 spiro atoms. The summed E-state index contributed by atoms with van der Waals surface area (Å²) < 4.78 is 12.9. The van der Waals surface area contributed by atoms with Crippen LogP contribution in [0.3, 0.4) is 0 Å². The van der Waals surface area contributed by atoms with Crippen molar-refractivity contribution < 1.29 is 9.18 Å². The molecule has 86 valence electrons. The maximum absolute atomic E-state index is 12.9. The van der Waals surface area contributed by atoms with E-state index in [-0.39, 0.29) is 11.7 Å². The molecule has 1 amide bonds. The van der Waals surface area contributed by atoms with Crippen LogP contribution in [0.5, 0.6) is 0 Å². The van der Waals surface area contributed by atoms with Crippen molar-refractivity contribution >= 4 is 5.91 Å². The number of halogens is 1. The largest absolute Gasteiger partial charge is 0.349 e. The fourth-order valence-corrected chi connectivity index (χ4v) is 2.17. The third-order valence-corrected chi connectivity index (χ3v) is 3.14. The van der Waals surface area contributed by atoms with Crippen LogP contribution in [0.2, 0.25) is 0 Å². The topological polar surface area (TPSA) is 29.1 Å². The minimum absolute atomic E-state index is 0.0885. The number of rotatable bonds is 2. The summed E-state index contributed by atoms with van der Waals surface area (Å²) in [6, 6.07) is 4.55. The first-order valence-electron chi connectivity index (χ1n) is 5.63. The molecule has 2 rings (SSSR count). The molecule has 3 heteroatoms. The van der Waals surface area contributed by atoms with Gasteiger partial charge < -0.3 is 5.32 Å². The normalized spacial score (nSPS) is 23.7. The second-order valence-corrected chi connectivity index (χ2v) is 4.71. The summed E-state index contributed by atoms with van der Waals surface area (Å²) in [6.45, 7) is 3.92. The van der Waals surface area contributed by atoms with Gasteiger partial charge in [-0.2, -0.15) is 0 Å². The van der Waals surface area contributed by atoms with E-state index in [0.717, 1.165) is 12.8 Å². The Balaban J connectivity index is 2.03. The fourth-order valence-electron chi connectivity index (χ4n) is 2.17. The summed E-state index contributed by atoms with van der Waals surface area (Å²) in [5.74, 6) is 0.320. The SMILES string of the molecule is Cc1cc(F)ccc1C(=O)NC1CC(C)C1. The molecule has 1 saturated carbocycles. The van der Waals surface area contributed by atoms with Crippen LogP contribution in [-0.2, 0) is 0 Å². The minimum atomic E-state index is -0.300. The smallest absolute Gasteiger partial charge is 0.251 e. The van der Waals surface area contributed by atoms with Gasteiger partial charge in [0.25, 0.3) is 5.91 Å². The van der Waals surface area contributed by atoms with Crippen molar-refractivity contribution in [1.82, 2.24) is 5.32 Å². The van der Waals surface area contributed by atoms with E-state index in [4.69, 9.17) is 0 Å². The molecule has 1 aromatic carbocycles. The number of hydrogen-bond donors (Lipinski definition) is 1. The minimum Gasteiger partial charge on any atom is -0.349 e. The van der Waals surface area contributed by atoms with Gasteiger partial charge in [0.2, 0.25) is 0 Å². The van der Waals surface area contributed by atoms with Gasteiger partial charge in [-0.25, -0.2) is 4.39 Å². The third-order valence-electron chi connectivity index (χ3n) is 3.14. The van der Waals surface area contributed by atoms with Crippen LogP contribution in [-0.4, -0.2) is 11.9 Å².